The number of pyridine rings is 1. The third kappa shape index (κ3) is 4.05. The van der Waals surface area contributed by atoms with Crippen LogP contribution < -0.4 is 10.1 Å². The van der Waals surface area contributed by atoms with Crippen molar-refractivity contribution in [3.05, 3.63) is 84.3 Å². The number of amides is 1. The Morgan fingerprint density at radius 1 is 1.03 bits per heavy atom. The van der Waals surface area contributed by atoms with E-state index < -0.39 is 0 Å². The molecule has 0 fully saturated rings. The number of carbonyl (C=O) groups is 1. The van der Waals surface area contributed by atoms with Crippen LogP contribution in [0.25, 0.3) is 32.9 Å². The van der Waals surface area contributed by atoms with E-state index in [1.54, 1.807) is 37.7 Å². The SMILES string of the molecule is COc1ccccc1-c1ccncc1C(=O)Nc1nc2ncc(-c3ccc(C#N)cc3)nc2s1. The van der Waals surface area contributed by atoms with Gasteiger partial charge in [-0.1, -0.05) is 41.7 Å². The van der Waals surface area contributed by atoms with Crippen molar-refractivity contribution in [1.82, 2.24) is 19.9 Å². The third-order valence-electron chi connectivity index (χ3n) is 5.12. The van der Waals surface area contributed by atoms with Gasteiger partial charge in [0.2, 0.25) is 0 Å². The lowest BCUT2D eigenvalue weighted by Gasteiger charge is -2.12. The fraction of sp³-hybridized carbons (Fsp3) is 0.0400. The van der Waals surface area contributed by atoms with E-state index in [4.69, 9.17) is 10.00 Å². The topological polar surface area (TPSA) is 114 Å². The molecule has 0 saturated heterocycles. The fourth-order valence-corrected chi connectivity index (χ4v) is 4.26. The number of hydrogen-bond donors (Lipinski definition) is 1. The molecule has 0 aliphatic rings. The number of anilines is 1. The number of carbonyl (C=O) groups excluding carboxylic acids is 1. The highest BCUT2D eigenvalue weighted by atomic mass is 32.1. The van der Waals surface area contributed by atoms with E-state index >= 15 is 0 Å². The van der Waals surface area contributed by atoms with Gasteiger partial charge in [0.25, 0.3) is 5.91 Å². The predicted molar refractivity (Wildman–Crippen MR) is 130 cm³/mol. The summed E-state index contributed by atoms with van der Waals surface area (Å²) in [5.41, 5.74) is 4.39. The van der Waals surface area contributed by atoms with Crippen molar-refractivity contribution in [2.75, 3.05) is 12.4 Å². The van der Waals surface area contributed by atoms with E-state index in [9.17, 15) is 4.79 Å². The highest BCUT2D eigenvalue weighted by Gasteiger charge is 2.18. The van der Waals surface area contributed by atoms with Crippen LogP contribution in [0.2, 0.25) is 0 Å². The van der Waals surface area contributed by atoms with Gasteiger partial charge in [0, 0.05) is 29.1 Å². The molecule has 0 bridgehead atoms. The number of nitrogens with one attached hydrogen (secondary N) is 1. The number of nitrogens with zero attached hydrogens (tertiary/aromatic N) is 5. The number of nitriles is 1. The maximum absolute atomic E-state index is 13.1. The summed E-state index contributed by atoms with van der Waals surface area (Å²) in [6.07, 6.45) is 4.77. The summed E-state index contributed by atoms with van der Waals surface area (Å²) in [5.74, 6) is 0.312. The Hall–Kier alpha value is -4.68. The predicted octanol–water partition coefficient (Wildman–Crippen LogP) is 4.95. The summed E-state index contributed by atoms with van der Waals surface area (Å²) in [5, 5.41) is 12.2. The number of benzene rings is 2. The van der Waals surface area contributed by atoms with Gasteiger partial charge in [0.05, 0.1) is 36.2 Å². The molecule has 3 aromatic heterocycles. The Morgan fingerprint density at radius 2 is 1.85 bits per heavy atom. The number of aromatic nitrogens is 4. The molecule has 0 atom stereocenters. The lowest BCUT2D eigenvalue weighted by molar-refractivity contribution is 0.102. The van der Waals surface area contributed by atoms with E-state index in [0.29, 0.717) is 43.7 Å². The normalized spacial score (nSPS) is 10.6. The summed E-state index contributed by atoms with van der Waals surface area (Å²) in [4.78, 5) is 31.3. The average Bonchev–Trinajstić information content (AvgIpc) is 3.30. The second-order valence-corrected chi connectivity index (χ2v) is 8.15. The molecule has 5 rings (SSSR count). The maximum atomic E-state index is 13.1. The quantitative estimate of drug-likeness (QED) is 0.391. The minimum Gasteiger partial charge on any atom is -0.496 e. The Bertz CT molecular complexity index is 1560. The van der Waals surface area contributed by atoms with Crippen LogP contribution in [0.3, 0.4) is 0 Å². The van der Waals surface area contributed by atoms with E-state index in [-0.39, 0.29) is 5.91 Å². The lowest BCUT2D eigenvalue weighted by Crippen LogP contribution is -2.13. The van der Waals surface area contributed by atoms with Gasteiger partial charge < -0.3 is 4.74 Å². The zero-order chi connectivity index (χ0) is 23.5. The van der Waals surface area contributed by atoms with Crippen molar-refractivity contribution >= 4 is 32.9 Å². The van der Waals surface area contributed by atoms with Crippen LogP contribution in [-0.2, 0) is 0 Å². The van der Waals surface area contributed by atoms with Gasteiger partial charge in [0.15, 0.2) is 15.6 Å². The van der Waals surface area contributed by atoms with Crippen molar-refractivity contribution in [3.63, 3.8) is 0 Å². The number of hydrogen-bond acceptors (Lipinski definition) is 8. The van der Waals surface area contributed by atoms with Gasteiger partial charge in [-0.25, -0.2) is 9.97 Å². The van der Waals surface area contributed by atoms with Gasteiger partial charge in [-0.15, -0.1) is 0 Å². The van der Waals surface area contributed by atoms with Crippen molar-refractivity contribution < 1.29 is 9.53 Å². The highest BCUT2D eigenvalue weighted by Crippen LogP contribution is 2.32. The molecule has 1 amide bonds. The van der Waals surface area contributed by atoms with Crippen LogP contribution in [0, 0.1) is 11.3 Å². The Labute approximate surface area is 198 Å². The van der Waals surface area contributed by atoms with Crippen LogP contribution >= 0.6 is 11.3 Å². The molecule has 1 N–H and O–H groups in total. The highest BCUT2D eigenvalue weighted by molar-refractivity contribution is 7.21. The van der Waals surface area contributed by atoms with Crippen molar-refractivity contribution in [2.24, 2.45) is 0 Å². The summed E-state index contributed by atoms with van der Waals surface area (Å²) in [6.45, 7) is 0. The van der Waals surface area contributed by atoms with E-state index in [0.717, 1.165) is 11.1 Å². The molecule has 0 spiro atoms. The average molecular weight is 465 g/mol. The molecule has 0 aliphatic heterocycles. The summed E-state index contributed by atoms with van der Waals surface area (Å²) in [7, 11) is 1.59. The van der Waals surface area contributed by atoms with Gasteiger partial charge in [0.1, 0.15) is 5.75 Å². The summed E-state index contributed by atoms with van der Waals surface area (Å²) < 4.78 is 5.46. The molecule has 164 valence electrons. The molecule has 3 heterocycles. The number of rotatable bonds is 5. The Kier molecular flexibility index (Phi) is 5.64. The van der Waals surface area contributed by atoms with Crippen LogP contribution in [-0.4, -0.2) is 33.0 Å². The number of para-hydroxylation sites is 1. The van der Waals surface area contributed by atoms with Crippen molar-refractivity contribution in [2.45, 2.75) is 0 Å². The number of methoxy groups -OCH3 is 1. The number of fused-ring (bicyclic) bond motifs is 1. The van der Waals surface area contributed by atoms with Crippen molar-refractivity contribution in [3.8, 4) is 34.2 Å². The van der Waals surface area contributed by atoms with Gasteiger partial charge >= 0.3 is 0 Å². The second kappa shape index (κ2) is 9.05. The van der Waals surface area contributed by atoms with Gasteiger partial charge in [-0.3, -0.25) is 15.1 Å². The Balaban J connectivity index is 1.44. The molecule has 2 aromatic carbocycles. The molecule has 0 unspecified atom stereocenters. The summed E-state index contributed by atoms with van der Waals surface area (Å²) >= 11 is 1.23. The Morgan fingerprint density at radius 3 is 2.65 bits per heavy atom. The minimum absolute atomic E-state index is 0.347. The monoisotopic (exact) mass is 464 g/mol. The first kappa shape index (κ1) is 21.2. The minimum atomic E-state index is -0.347. The largest absolute Gasteiger partial charge is 0.496 e. The van der Waals surface area contributed by atoms with Crippen LogP contribution in [0.4, 0.5) is 5.13 Å². The third-order valence-corrected chi connectivity index (χ3v) is 5.97. The number of thiazole rings is 1. The number of ether oxygens (including phenoxy) is 1. The molecule has 34 heavy (non-hydrogen) atoms. The van der Waals surface area contributed by atoms with Crippen LogP contribution in [0.1, 0.15) is 15.9 Å². The zero-order valence-electron chi connectivity index (χ0n) is 17.9. The smallest absolute Gasteiger partial charge is 0.259 e. The van der Waals surface area contributed by atoms with Crippen LogP contribution in [0.15, 0.2) is 73.2 Å². The lowest BCUT2D eigenvalue weighted by atomic mass is 10.0. The zero-order valence-corrected chi connectivity index (χ0v) is 18.7. The van der Waals surface area contributed by atoms with E-state index in [1.165, 1.54) is 17.5 Å². The molecular weight excluding hydrogens is 448 g/mol. The molecular formula is C25H16N6O2S. The standard InChI is InChI=1S/C25H16N6O2S/c1-33-21-5-3-2-4-18(21)17-10-11-27-13-19(17)23(32)31-25-30-22-24(34-25)29-20(14-28-22)16-8-6-15(12-26)7-9-16/h2-11,13-14H,1H3,(H,28,30,31,32). The molecule has 0 radical (unpaired) electrons. The maximum Gasteiger partial charge on any atom is 0.259 e. The molecule has 0 aliphatic carbocycles. The first-order chi connectivity index (χ1) is 16.7. The fourth-order valence-electron chi connectivity index (χ4n) is 3.47. The second-order valence-electron chi connectivity index (χ2n) is 7.17. The molecule has 8 nitrogen and oxygen atoms in total. The molecule has 9 heteroatoms. The van der Waals surface area contributed by atoms with Crippen molar-refractivity contribution in [1.29, 1.82) is 5.26 Å². The molecule has 0 saturated carbocycles. The first-order valence-electron chi connectivity index (χ1n) is 10.2. The summed E-state index contributed by atoms with van der Waals surface area (Å²) in [6, 6.07) is 18.5. The van der Waals surface area contributed by atoms with Gasteiger partial charge in [-0.05, 0) is 24.3 Å². The van der Waals surface area contributed by atoms with E-state index in [1.807, 2.05) is 36.4 Å². The molecule has 5 aromatic rings. The first-order valence-corrected chi connectivity index (χ1v) is 11.0. The van der Waals surface area contributed by atoms with Crippen LogP contribution in [0.5, 0.6) is 5.75 Å². The van der Waals surface area contributed by atoms with Gasteiger partial charge in [-0.2, -0.15) is 10.2 Å². The van der Waals surface area contributed by atoms with E-state index in [2.05, 4.69) is 31.3 Å².